The van der Waals surface area contributed by atoms with Gasteiger partial charge in [0.15, 0.2) is 8.32 Å². The van der Waals surface area contributed by atoms with Crippen molar-refractivity contribution in [3.63, 3.8) is 0 Å². The Labute approximate surface area is 257 Å². The zero-order chi connectivity index (χ0) is 33.0. The number of nitrogens with zero attached hydrogens (tertiary/aromatic N) is 2. The van der Waals surface area contributed by atoms with Crippen LogP contribution < -0.4 is 0 Å². The second-order valence-corrected chi connectivity index (χ2v) is 21.0. The summed E-state index contributed by atoms with van der Waals surface area (Å²) in [5, 5.41) is 0.0800. The number of ether oxygens (including phenoxy) is 2. The first-order valence-electron chi connectivity index (χ1n) is 14.6. The largest absolute Gasteiger partial charge is 0.459 e. The zero-order valence-electron chi connectivity index (χ0n) is 27.4. The number of hydrogen-bond donors (Lipinski definition) is 0. The molecule has 0 N–H and O–H groups in total. The van der Waals surface area contributed by atoms with Gasteiger partial charge in [0.25, 0.3) is 21.9 Å². The first-order valence-corrected chi connectivity index (χ1v) is 19.1. The maximum Gasteiger partial charge on any atom is 0.326 e. The van der Waals surface area contributed by atoms with E-state index in [-0.39, 0.29) is 31.3 Å². The van der Waals surface area contributed by atoms with E-state index in [0.29, 0.717) is 13.0 Å². The number of imide groups is 1. The van der Waals surface area contributed by atoms with Crippen molar-refractivity contribution < 1.29 is 45.7 Å². The molecule has 0 aromatic carbocycles. The number of carbonyl (C=O) groups excluding carboxylic acids is 4. The van der Waals surface area contributed by atoms with E-state index >= 15 is 0 Å². The van der Waals surface area contributed by atoms with E-state index in [4.69, 9.17) is 18.1 Å². The van der Waals surface area contributed by atoms with Crippen LogP contribution in [0.2, 0.25) is 18.1 Å². The fraction of sp³-hybridized carbons (Fsp3) is 0.793. The molecule has 0 aromatic heterocycles. The first-order chi connectivity index (χ1) is 19.4. The molecule has 2 atom stereocenters. The predicted octanol–water partition coefficient (Wildman–Crippen LogP) is 3.02. The molecular formula is C29H50N2O10SSi. The van der Waals surface area contributed by atoms with E-state index in [0.717, 1.165) is 17.1 Å². The van der Waals surface area contributed by atoms with E-state index in [1.54, 1.807) is 20.8 Å². The lowest BCUT2D eigenvalue weighted by Gasteiger charge is -2.37. The highest BCUT2D eigenvalue weighted by atomic mass is 32.2. The molecule has 2 aliphatic heterocycles. The van der Waals surface area contributed by atoms with Crippen LogP contribution in [0.3, 0.4) is 0 Å². The first kappa shape index (κ1) is 37.1. The van der Waals surface area contributed by atoms with Crippen molar-refractivity contribution in [3.05, 3.63) is 12.2 Å². The lowest BCUT2D eigenvalue weighted by Crippen LogP contribution is -2.47. The SMILES string of the molecule is CC(C)(CCO[Si](C)(C)C(C)(C)C)COS(=O)(=O)CCOC[C@@H]1C[C@H](N2C(=O)C=CC2=O)C(=O)N1CC(=O)OC(C)(C)C. The maximum absolute atomic E-state index is 13.2. The smallest absolute Gasteiger partial charge is 0.326 e. The standard InChI is InChI=1S/C29H50N2O10SSi/c1-27(2,3)41-25(34)18-30-21(17-22(26(30)35)31-23(32)11-12-24(31)33)19-38-15-16-42(36,37)39-20-29(7,8)13-14-40-43(9,10)28(4,5)6/h11-12,21-22H,13-20H2,1-10H3/t21-,22-/m0/s1. The van der Waals surface area contributed by atoms with E-state index in [1.165, 1.54) is 4.90 Å². The molecule has 0 aliphatic carbocycles. The van der Waals surface area contributed by atoms with E-state index in [1.807, 2.05) is 13.8 Å². The summed E-state index contributed by atoms with van der Waals surface area (Å²) in [6.07, 6.45) is 2.85. The monoisotopic (exact) mass is 646 g/mol. The van der Waals surface area contributed by atoms with Crippen LogP contribution in [0.15, 0.2) is 12.2 Å². The van der Waals surface area contributed by atoms with Crippen molar-refractivity contribution in [1.82, 2.24) is 9.80 Å². The molecule has 2 aliphatic rings. The molecule has 1 fully saturated rings. The molecule has 246 valence electrons. The fourth-order valence-electron chi connectivity index (χ4n) is 4.23. The Kier molecular flexibility index (Phi) is 12.0. The molecule has 2 heterocycles. The van der Waals surface area contributed by atoms with Crippen LogP contribution in [0.4, 0.5) is 0 Å². The maximum atomic E-state index is 13.2. The topological polar surface area (TPSA) is 146 Å². The van der Waals surface area contributed by atoms with E-state index in [2.05, 4.69) is 33.9 Å². The number of rotatable bonds is 15. The Morgan fingerprint density at radius 1 is 0.977 bits per heavy atom. The summed E-state index contributed by atoms with van der Waals surface area (Å²) in [4.78, 5) is 52.3. The van der Waals surface area contributed by atoms with Gasteiger partial charge in [0.1, 0.15) is 18.2 Å². The van der Waals surface area contributed by atoms with Gasteiger partial charge in [-0.25, -0.2) is 0 Å². The Bertz CT molecular complexity index is 1170. The summed E-state index contributed by atoms with van der Waals surface area (Å²) in [7, 11) is -5.82. The lowest BCUT2D eigenvalue weighted by atomic mass is 9.91. The van der Waals surface area contributed by atoms with Gasteiger partial charge < -0.3 is 18.8 Å². The zero-order valence-corrected chi connectivity index (χ0v) is 29.2. The average Bonchev–Trinajstić information content (AvgIpc) is 3.31. The molecule has 0 unspecified atom stereocenters. The molecule has 0 aromatic rings. The van der Waals surface area contributed by atoms with Crippen LogP contribution in [0, 0.1) is 5.41 Å². The molecule has 2 rings (SSSR count). The van der Waals surface area contributed by atoms with Crippen molar-refractivity contribution >= 4 is 42.1 Å². The lowest BCUT2D eigenvalue weighted by molar-refractivity contribution is -0.159. The number of carbonyl (C=O) groups is 4. The summed E-state index contributed by atoms with van der Waals surface area (Å²) in [5.41, 5.74) is -1.21. The summed E-state index contributed by atoms with van der Waals surface area (Å²) in [6, 6.07) is -1.78. The second kappa shape index (κ2) is 13.9. The van der Waals surface area contributed by atoms with Gasteiger partial charge in [0.05, 0.1) is 31.6 Å². The van der Waals surface area contributed by atoms with Gasteiger partial charge in [0, 0.05) is 25.2 Å². The number of hydrogen-bond acceptors (Lipinski definition) is 10. The third-order valence-electron chi connectivity index (χ3n) is 7.84. The Morgan fingerprint density at radius 2 is 1.56 bits per heavy atom. The highest BCUT2D eigenvalue weighted by Gasteiger charge is 2.47. The number of amides is 3. The van der Waals surface area contributed by atoms with Crippen LogP contribution in [0.1, 0.15) is 68.2 Å². The molecule has 3 amide bonds. The molecule has 43 heavy (non-hydrogen) atoms. The second-order valence-electron chi connectivity index (χ2n) is 14.5. The van der Waals surface area contributed by atoms with Gasteiger partial charge in [-0.15, -0.1) is 0 Å². The van der Waals surface area contributed by atoms with Crippen LogP contribution in [0.25, 0.3) is 0 Å². The van der Waals surface area contributed by atoms with E-state index < -0.39 is 77.5 Å². The van der Waals surface area contributed by atoms with Crippen LogP contribution in [-0.2, 0) is 47.4 Å². The van der Waals surface area contributed by atoms with Gasteiger partial charge in [0.2, 0.25) is 5.91 Å². The normalized spacial score (nSPS) is 20.5. The summed E-state index contributed by atoms with van der Waals surface area (Å²) < 4.78 is 47.7. The van der Waals surface area contributed by atoms with Crippen molar-refractivity contribution in [2.75, 3.05) is 38.7 Å². The van der Waals surface area contributed by atoms with Crippen LogP contribution in [0.5, 0.6) is 0 Å². The van der Waals surface area contributed by atoms with Crippen molar-refractivity contribution in [2.45, 2.75) is 104 Å². The molecule has 1 saturated heterocycles. The number of likely N-dealkylation sites (tertiary alicyclic amines) is 1. The molecule has 0 radical (unpaired) electrons. The average molecular weight is 647 g/mol. The third-order valence-corrected chi connectivity index (χ3v) is 13.5. The summed E-state index contributed by atoms with van der Waals surface area (Å²) in [5.74, 6) is -2.87. The molecular weight excluding hydrogens is 596 g/mol. The molecule has 0 spiro atoms. The molecule has 14 heteroatoms. The van der Waals surface area contributed by atoms with Crippen molar-refractivity contribution in [2.24, 2.45) is 5.41 Å². The van der Waals surface area contributed by atoms with Gasteiger partial charge in [-0.3, -0.25) is 28.3 Å². The van der Waals surface area contributed by atoms with Crippen LogP contribution >= 0.6 is 0 Å². The summed E-state index contributed by atoms with van der Waals surface area (Å²) >= 11 is 0. The van der Waals surface area contributed by atoms with Gasteiger partial charge >= 0.3 is 5.97 Å². The fourth-order valence-corrected chi connectivity index (χ4v) is 6.21. The third kappa shape index (κ3) is 11.1. The van der Waals surface area contributed by atoms with Crippen molar-refractivity contribution in [1.29, 1.82) is 0 Å². The molecule has 12 nitrogen and oxygen atoms in total. The number of esters is 1. The van der Waals surface area contributed by atoms with Crippen LogP contribution in [-0.4, -0.2) is 107 Å². The predicted molar refractivity (Wildman–Crippen MR) is 163 cm³/mol. The Balaban J connectivity index is 1.92. The molecule has 0 bridgehead atoms. The highest BCUT2D eigenvalue weighted by Crippen LogP contribution is 2.37. The van der Waals surface area contributed by atoms with Gasteiger partial charge in [-0.2, -0.15) is 8.42 Å². The molecule has 0 saturated carbocycles. The minimum atomic E-state index is -3.91. The van der Waals surface area contributed by atoms with Gasteiger partial charge in [-0.1, -0.05) is 34.6 Å². The van der Waals surface area contributed by atoms with Crippen molar-refractivity contribution in [3.8, 4) is 0 Å². The Morgan fingerprint density at radius 3 is 2.09 bits per heavy atom. The minimum Gasteiger partial charge on any atom is -0.459 e. The Hall–Kier alpha value is -2.13. The highest BCUT2D eigenvalue weighted by molar-refractivity contribution is 7.86. The minimum absolute atomic E-state index is 0.00933. The van der Waals surface area contributed by atoms with Gasteiger partial charge in [-0.05, 0) is 50.7 Å². The summed E-state index contributed by atoms with van der Waals surface area (Å²) in [6.45, 7) is 19.5. The van der Waals surface area contributed by atoms with E-state index in [9.17, 15) is 27.6 Å². The quantitative estimate of drug-likeness (QED) is 0.0856.